The molecular formula is C27H32N2O2. The maximum absolute atomic E-state index is 13.2. The van der Waals surface area contributed by atoms with Crippen molar-refractivity contribution in [3.63, 3.8) is 0 Å². The molecule has 0 bridgehead atoms. The number of carbonyl (C=O) groups is 2. The zero-order chi connectivity index (χ0) is 22.4. The Hall–Kier alpha value is -3.06. The Bertz CT molecular complexity index is 1010. The number of hydrogen-bond donors (Lipinski definition) is 1. The summed E-state index contributed by atoms with van der Waals surface area (Å²) in [6.45, 7) is 9.38. The molecule has 4 nitrogen and oxygen atoms in total. The molecule has 1 aliphatic heterocycles. The van der Waals surface area contributed by atoms with Gasteiger partial charge in [0.15, 0.2) is 0 Å². The van der Waals surface area contributed by atoms with Gasteiger partial charge in [0, 0.05) is 30.5 Å². The number of nitrogens with zero attached hydrogens (tertiary/aromatic N) is 1. The first kappa shape index (κ1) is 22.6. The Morgan fingerprint density at radius 2 is 1.68 bits per heavy atom. The molecule has 2 aromatic carbocycles. The molecule has 2 amide bonds. The number of carbonyl (C=O) groups excluding carboxylic acids is 2. The maximum Gasteiger partial charge on any atom is 0.229 e. The van der Waals surface area contributed by atoms with Crippen LogP contribution in [0.1, 0.15) is 63.6 Å². The van der Waals surface area contributed by atoms with Gasteiger partial charge in [-0.15, -0.1) is 0 Å². The molecule has 4 heteroatoms. The van der Waals surface area contributed by atoms with Crippen molar-refractivity contribution >= 4 is 17.5 Å². The fourth-order valence-corrected chi connectivity index (χ4v) is 4.33. The van der Waals surface area contributed by atoms with Crippen molar-refractivity contribution in [1.82, 2.24) is 5.32 Å². The van der Waals surface area contributed by atoms with E-state index >= 15 is 0 Å². The average Bonchev–Trinajstić information content (AvgIpc) is 2.68. The van der Waals surface area contributed by atoms with Gasteiger partial charge in [-0.25, -0.2) is 0 Å². The van der Waals surface area contributed by atoms with Crippen LogP contribution in [0.5, 0.6) is 0 Å². The number of fused-ring (bicyclic) bond motifs is 2. The number of rotatable bonds is 7. The summed E-state index contributed by atoms with van der Waals surface area (Å²) < 4.78 is 0. The number of nitrogens with one attached hydrogen (secondary N) is 1. The molecular weight excluding hydrogens is 384 g/mol. The Kier molecular flexibility index (Phi) is 7.17. The van der Waals surface area contributed by atoms with E-state index in [0.717, 1.165) is 28.8 Å². The van der Waals surface area contributed by atoms with Gasteiger partial charge in [-0.3, -0.25) is 9.59 Å². The summed E-state index contributed by atoms with van der Waals surface area (Å²) >= 11 is 0. The van der Waals surface area contributed by atoms with Crippen LogP contribution in [-0.2, 0) is 16.1 Å². The van der Waals surface area contributed by atoms with Crippen molar-refractivity contribution in [2.24, 2.45) is 11.3 Å². The summed E-state index contributed by atoms with van der Waals surface area (Å²) in [5, 5.41) is 2.94. The standard InChI is InChI=1S/C27H32N2O2/c1-20(2)17-27(3,4)18-25(30)28-16-15-26(31)29-19-23-11-6-5-9-21(23)13-14-22-10-7-8-12-24(22)29/h5-12,20H,15-19H2,1-4H3,(H,28,30). The molecule has 0 saturated heterocycles. The number of amides is 2. The van der Waals surface area contributed by atoms with Gasteiger partial charge in [0.05, 0.1) is 12.2 Å². The average molecular weight is 417 g/mol. The minimum absolute atomic E-state index is 0.00253. The van der Waals surface area contributed by atoms with Gasteiger partial charge in [-0.1, -0.05) is 69.9 Å². The minimum Gasteiger partial charge on any atom is -0.356 e. The highest BCUT2D eigenvalue weighted by molar-refractivity contribution is 5.95. The van der Waals surface area contributed by atoms with Crippen LogP contribution in [0.15, 0.2) is 48.5 Å². The number of benzene rings is 2. The molecule has 0 unspecified atom stereocenters. The van der Waals surface area contributed by atoms with E-state index in [0.29, 0.717) is 25.4 Å². The van der Waals surface area contributed by atoms with Crippen LogP contribution >= 0.6 is 0 Å². The zero-order valence-corrected chi connectivity index (χ0v) is 19.0. The van der Waals surface area contributed by atoms with E-state index in [1.807, 2.05) is 48.5 Å². The lowest BCUT2D eigenvalue weighted by molar-refractivity contribution is -0.123. The second-order valence-electron chi connectivity index (χ2n) is 9.44. The Morgan fingerprint density at radius 1 is 1.03 bits per heavy atom. The molecule has 0 radical (unpaired) electrons. The summed E-state index contributed by atoms with van der Waals surface area (Å²) in [5.74, 6) is 6.96. The zero-order valence-electron chi connectivity index (χ0n) is 19.0. The first-order valence-corrected chi connectivity index (χ1v) is 11.0. The Labute approximate surface area is 186 Å². The molecule has 1 aliphatic rings. The maximum atomic E-state index is 13.2. The van der Waals surface area contributed by atoms with Crippen LogP contribution in [-0.4, -0.2) is 18.4 Å². The van der Waals surface area contributed by atoms with Crippen molar-refractivity contribution in [2.45, 2.75) is 53.5 Å². The van der Waals surface area contributed by atoms with Crippen molar-refractivity contribution in [1.29, 1.82) is 0 Å². The molecule has 1 heterocycles. The molecule has 2 aromatic rings. The van der Waals surface area contributed by atoms with Crippen molar-refractivity contribution < 1.29 is 9.59 Å². The van der Waals surface area contributed by atoms with Gasteiger partial charge in [0.25, 0.3) is 0 Å². The van der Waals surface area contributed by atoms with Crippen molar-refractivity contribution in [2.75, 3.05) is 11.4 Å². The van der Waals surface area contributed by atoms with Crippen molar-refractivity contribution in [3.8, 4) is 11.8 Å². The first-order chi connectivity index (χ1) is 14.7. The predicted octanol–water partition coefficient (Wildman–Crippen LogP) is 4.90. The minimum atomic E-state index is -0.0490. The molecule has 0 aliphatic carbocycles. The third kappa shape index (κ3) is 6.21. The molecule has 162 valence electrons. The third-order valence-corrected chi connectivity index (χ3v) is 5.43. The predicted molar refractivity (Wildman–Crippen MR) is 126 cm³/mol. The highest BCUT2D eigenvalue weighted by atomic mass is 16.2. The SMILES string of the molecule is CC(C)CC(C)(C)CC(=O)NCCC(=O)N1Cc2ccccc2C#Cc2ccccc21. The first-order valence-electron chi connectivity index (χ1n) is 11.0. The quantitative estimate of drug-likeness (QED) is 0.653. The summed E-state index contributed by atoms with van der Waals surface area (Å²) in [6.07, 6.45) is 1.71. The summed E-state index contributed by atoms with van der Waals surface area (Å²) in [5.41, 5.74) is 3.57. The van der Waals surface area contributed by atoms with Gasteiger partial charge >= 0.3 is 0 Å². The Morgan fingerprint density at radius 3 is 2.42 bits per heavy atom. The van der Waals surface area contributed by atoms with Gasteiger partial charge in [0.2, 0.25) is 11.8 Å². The van der Waals surface area contributed by atoms with Gasteiger partial charge in [0.1, 0.15) is 0 Å². The van der Waals surface area contributed by atoms with E-state index in [9.17, 15) is 9.59 Å². The van der Waals surface area contributed by atoms with E-state index in [2.05, 4.69) is 44.9 Å². The van der Waals surface area contributed by atoms with E-state index in [1.54, 1.807) is 4.90 Å². The van der Waals surface area contributed by atoms with Crippen LogP contribution in [0.25, 0.3) is 0 Å². The highest BCUT2D eigenvalue weighted by Gasteiger charge is 2.24. The number of anilines is 1. The molecule has 0 saturated carbocycles. The van der Waals surface area contributed by atoms with E-state index < -0.39 is 0 Å². The lowest BCUT2D eigenvalue weighted by Crippen LogP contribution is -2.36. The second-order valence-corrected chi connectivity index (χ2v) is 9.44. The van der Waals surface area contributed by atoms with Crippen LogP contribution in [0.4, 0.5) is 5.69 Å². The van der Waals surface area contributed by atoms with Crippen LogP contribution in [0, 0.1) is 23.2 Å². The van der Waals surface area contributed by atoms with Gasteiger partial charge in [-0.2, -0.15) is 0 Å². The molecule has 31 heavy (non-hydrogen) atoms. The summed E-state index contributed by atoms with van der Waals surface area (Å²) in [6, 6.07) is 15.7. The van der Waals surface area contributed by atoms with Gasteiger partial charge in [-0.05, 0) is 41.5 Å². The third-order valence-electron chi connectivity index (χ3n) is 5.43. The Balaban J connectivity index is 1.68. The second kappa shape index (κ2) is 9.83. The molecule has 1 N–H and O–H groups in total. The molecule has 3 rings (SSSR count). The van der Waals surface area contributed by atoms with E-state index in [1.165, 1.54) is 0 Å². The fourth-order valence-electron chi connectivity index (χ4n) is 4.33. The van der Waals surface area contributed by atoms with E-state index in [-0.39, 0.29) is 23.7 Å². The highest BCUT2D eigenvalue weighted by Crippen LogP contribution is 2.29. The fraction of sp³-hybridized carbons (Fsp3) is 0.407. The van der Waals surface area contributed by atoms with Gasteiger partial charge < -0.3 is 10.2 Å². The van der Waals surface area contributed by atoms with E-state index in [4.69, 9.17) is 0 Å². The monoisotopic (exact) mass is 416 g/mol. The summed E-state index contributed by atoms with van der Waals surface area (Å²) in [4.78, 5) is 27.4. The van der Waals surface area contributed by atoms with Crippen molar-refractivity contribution in [3.05, 3.63) is 65.2 Å². The van der Waals surface area contributed by atoms with Crippen LogP contribution in [0.2, 0.25) is 0 Å². The molecule has 0 atom stereocenters. The summed E-state index contributed by atoms with van der Waals surface area (Å²) in [7, 11) is 0. The van der Waals surface area contributed by atoms with Crippen LogP contribution in [0.3, 0.4) is 0 Å². The largest absolute Gasteiger partial charge is 0.356 e. The number of para-hydroxylation sites is 1. The smallest absolute Gasteiger partial charge is 0.229 e. The molecule has 0 spiro atoms. The molecule has 0 fully saturated rings. The van der Waals surface area contributed by atoms with Crippen LogP contribution < -0.4 is 10.2 Å². The topological polar surface area (TPSA) is 49.4 Å². The molecule has 0 aromatic heterocycles. The lowest BCUT2D eigenvalue weighted by atomic mass is 9.81. The number of hydrogen-bond acceptors (Lipinski definition) is 2. The lowest BCUT2D eigenvalue weighted by Gasteiger charge is -2.27. The normalized spacial score (nSPS) is 12.7.